The third-order valence-corrected chi connectivity index (χ3v) is 6.32. The smallest absolute Gasteiger partial charge is 0.389 e. The minimum Gasteiger partial charge on any atom is -0.481 e. The normalized spacial score (nSPS) is 12.4. The topological polar surface area (TPSA) is 66.4 Å². The first-order chi connectivity index (χ1) is 17.2. The van der Waals surface area contributed by atoms with Gasteiger partial charge in [-0.25, -0.2) is 0 Å². The molecule has 0 bridgehead atoms. The Hall–Kier alpha value is -3.35. The number of rotatable bonds is 12. The van der Waals surface area contributed by atoms with Gasteiger partial charge in [-0.15, -0.1) is 0 Å². The summed E-state index contributed by atoms with van der Waals surface area (Å²) < 4.78 is 39.4. The molecule has 0 fully saturated rings. The van der Waals surface area contributed by atoms with Crippen LogP contribution in [-0.2, 0) is 11.2 Å². The summed E-state index contributed by atoms with van der Waals surface area (Å²) in [4.78, 5) is 22.9. The lowest BCUT2D eigenvalue weighted by atomic mass is 9.85. The summed E-state index contributed by atoms with van der Waals surface area (Å²) >= 11 is 0. The molecule has 0 saturated carbocycles. The number of fused-ring (bicyclic) bond motifs is 1. The fraction of sp³-hybridized carbons (Fsp3) is 0.379. The number of hydrogen-bond acceptors (Lipinski definition) is 2. The maximum Gasteiger partial charge on any atom is 0.389 e. The Morgan fingerprint density at radius 3 is 2.25 bits per heavy atom. The van der Waals surface area contributed by atoms with Crippen molar-refractivity contribution < 1.29 is 27.9 Å². The predicted octanol–water partition coefficient (Wildman–Crippen LogP) is 7.25. The van der Waals surface area contributed by atoms with Crippen molar-refractivity contribution in [3.05, 3.63) is 82.9 Å². The first kappa shape index (κ1) is 27.2. The molecule has 7 heteroatoms. The lowest BCUT2D eigenvalue weighted by molar-refractivity contribution is -0.137. The second-order valence-corrected chi connectivity index (χ2v) is 9.13. The maximum atomic E-state index is 13.1. The molecule has 3 rings (SSSR count). The molecule has 36 heavy (non-hydrogen) atoms. The van der Waals surface area contributed by atoms with Crippen LogP contribution >= 0.6 is 0 Å². The fourth-order valence-electron chi connectivity index (χ4n) is 4.35. The summed E-state index contributed by atoms with van der Waals surface area (Å²) in [7, 11) is 0. The number of carboxylic acids is 1. The summed E-state index contributed by atoms with van der Waals surface area (Å²) in [6.07, 6.45) is -0.994. The molecule has 3 aromatic rings. The standard InChI is InChI=1S/C29H32F3NO3/c1-2-3-4-5-20-6-7-24-19-25(13-12-23(24)18-20)26(14-16-29(30,31)32)21-8-10-22(11-9-21)28(36)33-17-15-27(34)35/h6-13,18-19,26H,2-5,14-17H2,1H3,(H,33,36)(H,34,35). The second kappa shape index (κ2) is 12.6. The lowest BCUT2D eigenvalue weighted by Gasteiger charge is -2.20. The SMILES string of the molecule is CCCCCc1ccc2cc(C(CCC(F)(F)F)c3ccc(C(=O)NCCC(=O)O)cc3)ccc2c1. The molecule has 1 unspecified atom stereocenters. The fourth-order valence-corrected chi connectivity index (χ4v) is 4.35. The van der Waals surface area contributed by atoms with Crippen LogP contribution < -0.4 is 5.32 Å². The number of carbonyl (C=O) groups excluding carboxylic acids is 1. The van der Waals surface area contributed by atoms with E-state index in [0.29, 0.717) is 11.1 Å². The molecule has 0 aromatic heterocycles. The zero-order valence-corrected chi connectivity index (χ0v) is 20.4. The summed E-state index contributed by atoms with van der Waals surface area (Å²) in [5.41, 5.74) is 3.07. The van der Waals surface area contributed by atoms with E-state index in [4.69, 9.17) is 5.11 Å². The van der Waals surface area contributed by atoms with Crippen molar-refractivity contribution in [1.29, 1.82) is 0 Å². The number of benzene rings is 3. The molecule has 3 aromatic carbocycles. The molecule has 2 N–H and O–H groups in total. The van der Waals surface area contributed by atoms with E-state index < -0.39 is 30.4 Å². The van der Waals surface area contributed by atoms with Crippen LogP contribution in [0.3, 0.4) is 0 Å². The molecular weight excluding hydrogens is 467 g/mol. The average Bonchev–Trinajstić information content (AvgIpc) is 2.83. The van der Waals surface area contributed by atoms with Crippen LogP contribution in [0.1, 0.15) is 78.4 Å². The van der Waals surface area contributed by atoms with E-state index >= 15 is 0 Å². The number of carboxylic acid groups (broad SMARTS) is 1. The van der Waals surface area contributed by atoms with Crippen molar-refractivity contribution in [3.63, 3.8) is 0 Å². The molecule has 192 valence electrons. The molecule has 0 aliphatic heterocycles. The van der Waals surface area contributed by atoms with Gasteiger partial charge in [-0.05, 0) is 58.9 Å². The Balaban J connectivity index is 1.83. The number of unbranched alkanes of at least 4 members (excludes halogenated alkanes) is 2. The van der Waals surface area contributed by atoms with Crippen LogP contribution in [0, 0.1) is 0 Å². The van der Waals surface area contributed by atoms with E-state index in [1.54, 1.807) is 24.3 Å². The van der Waals surface area contributed by atoms with Gasteiger partial charge < -0.3 is 10.4 Å². The van der Waals surface area contributed by atoms with Crippen molar-refractivity contribution in [1.82, 2.24) is 5.32 Å². The van der Waals surface area contributed by atoms with Crippen molar-refractivity contribution in [2.24, 2.45) is 0 Å². The van der Waals surface area contributed by atoms with Crippen molar-refractivity contribution >= 4 is 22.6 Å². The van der Waals surface area contributed by atoms with Crippen LogP contribution in [0.4, 0.5) is 13.2 Å². The molecule has 1 atom stereocenters. The summed E-state index contributed by atoms with van der Waals surface area (Å²) in [6.45, 7) is 2.17. The summed E-state index contributed by atoms with van der Waals surface area (Å²) in [6, 6.07) is 18.6. The van der Waals surface area contributed by atoms with Gasteiger partial charge in [0.25, 0.3) is 5.91 Å². The molecule has 1 amide bonds. The van der Waals surface area contributed by atoms with Crippen molar-refractivity contribution in [2.75, 3.05) is 6.54 Å². The number of carbonyl (C=O) groups is 2. The highest BCUT2D eigenvalue weighted by atomic mass is 19.4. The zero-order chi connectivity index (χ0) is 26.1. The molecule has 0 aliphatic carbocycles. The van der Waals surface area contributed by atoms with Crippen molar-refractivity contribution in [3.8, 4) is 0 Å². The Morgan fingerprint density at radius 2 is 1.58 bits per heavy atom. The van der Waals surface area contributed by atoms with Gasteiger partial charge in [-0.2, -0.15) is 13.2 Å². The van der Waals surface area contributed by atoms with Gasteiger partial charge in [0.2, 0.25) is 0 Å². The van der Waals surface area contributed by atoms with Gasteiger partial charge in [0.15, 0.2) is 0 Å². The van der Waals surface area contributed by atoms with Crippen LogP contribution in [0.25, 0.3) is 10.8 Å². The summed E-state index contributed by atoms with van der Waals surface area (Å²) in [5, 5.41) is 13.3. The summed E-state index contributed by atoms with van der Waals surface area (Å²) in [5.74, 6) is -1.92. The predicted molar refractivity (Wildman–Crippen MR) is 135 cm³/mol. The number of nitrogens with one attached hydrogen (secondary N) is 1. The molecule has 0 radical (unpaired) electrons. The minimum atomic E-state index is -4.27. The molecule has 0 spiro atoms. The highest BCUT2D eigenvalue weighted by molar-refractivity contribution is 5.94. The monoisotopic (exact) mass is 499 g/mol. The van der Waals surface area contributed by atoms with Gasteiger partial charge >= 0.3 is 12.1 Å². The first-order valence-electron chi connectivity index (χ1n) is 12.4. The van der Waals surface area contributed by atoms with Gasteiger partial charge in [0, 0.05) is 24.4 Å². The van der Waals surface area contributed by atoms with Crippen molar-refractivity contribution in [2.45, 2.75) is 64.0 Å². The van der Waals surface area contributed by atoms with Gasteiger partial charge in [0.05, 0.1) is 6.42 Å². The number of halogens is 3. The van der Waals surface area contributed by atoms with E-state index in [1.165, 1.54) is 12.0 Å². The highest BCUT2D eigenvalue weighted by Crippen LogP contribution is 2.35. The first-order valence-corrected chi connectivity index (χ1v) is 12.4. The molecular formula is C29H32F3NO3. The Kier molecular flexibility index (Phi) is 9.51. The van der Waals surface area contributed by atoms with Gasteiger partial charge in [-0.1, -0.05) is 68.3 Å². The van der Waals surface area contributed by atoms with Gasteiger partial charge in [-0.3, -0.25) is 9.59 Å². The third-order valence-electron chi connectivity index (χ3n) is 6.32. The van der Waals surface area contributed by atoms with E-state index in [9.17, 15) is 22.8 Å². The van der Waals surface area contributed by atoms with E-state index in [-0.39, 0.29) is 19.4 Å². The molecule has 0 aliphatic rings. The zero-order valence-electron chi connectivity index (χ0n) is 20.4. The molecule has 4 nitrogen and oxygen atoms in total. The quantitative estimate of drug-likeness (QED) is 0.258. The number of hydrogen-bond donors (Lipinski definition) is 2. The average molecular weight is 500 g/mol. The van der Waals surface area contributed by atoms with Crippen LogP contribution in [-0.4, -0.2) is 29.7 Å². The number of alkyl halides is 3. The van der Waals surface area contributed by atoms with E-state index in [1.807, 2.05) is 24.3 Å². The molecule has 0 saturated heterocycles. The largest absolute Gasteiger partial charge is 0.481 e. The van der Waals surface area contributed by atoms with Crippen LogP contribution in [0.2, 0.25) is 0 Å². The number of aliphatic carboxylic acids is 1. The van der Waals surface area contributed by atoms with E-state index in [0.717, 1.165) is 35.6 Å². The lowest BCUT2D eigenvalue weighted by Crippen LogP contribution is -2.25. The number of aryl methyl sites for hydroxylation is 1. The molecule has 0 heterocycles. The Labute approximate surface area is 209 Å². The Bertz CT molecular complexity index is 1170. The Morgan fingerprint density at radius 1 is 0.917 bits per heavy atom. The second-order valence-electron chi connectivity index (χ2n) is 9.13. The van der Waals surface area contributed by atoms with Gasteiger partial charge in [0.1, 0.15) is 0 Å². The maximum absolute atomic E-state index is 13.1. The van der Waals surface area contributed by atoms with E-state index in [2.05, 4.69) is 24.4 Å². The minimum absolute atomic E-state index is 0.00152. The third kappa shape index (κ3) is 8.11. The highest BCUT2D eigenvalue weighted by Gasteiger charge is 2.29. The van der Waals surface area contributed by atoms with Crippen LogP contribution in [0.5, 0.6) is 0 Å². The van der Waals surface area contributed by atoms with Crippen LogP contribution in [0.15, 0.2) is 60.7 Å². The number of amides is 1.